The maximum atomic E-state index is 13.2. The molecule has 0 saturated carbocycles. The molecule has 0 bridgehead atoms. The minimum atomic E-state index is -3.50. The number of halogens is 5. The number of fused-ring (bicyclic) bond motifs is 1. The molecule has 1 aliphatic rings. The Balaban J connectivity index is 2.04. The van der Waals surface area contributed by atoms with Gasteiger partial charge < -0.3 is 5.11 Å². The average molecular weight is 381 g/mol. The second-order valence-corrected chi connectivity index (χ2v) is 6.41. The highest BCUT2D eigenvalue weighted by molar-refractivity contribution is 7.21. The van der Waals surface area contributed by atoms with E-state index in [2.05, 4.69) is 0 Å². The Bertz CT molecular complexity index is 841. The molecule has 1 aliphatic heterocycles. The maximum Gasteiger partial charge on any atom is 0.291 e. The van der Waals surface area contributed by atoms with E-state index >= 15 is 0 Å². The van der Waals surface area contributed by atoms with Crippen molar-refractivity contribution < 1.29 is 27.5 Å². The summed E-state index contributed by atoms with van der Waals surface area (Å²) < 4.78 is 52.6. The lowest BCUT2D eigenvalue weighted by Gasteiger charge is -2.31. The zero-order valence-electron chi connectivity index (χ0n) is 11.6. The minimum Gasteiger partial charge on any atom is -0.361 e. The van der Waals surface area contributed by atoms with Crippen molar-refractivity contribution >= 4 is 38.9 Å². The number of benzene rings is 1. The van der Waals surface area contributed by atoms with E-state index in [-0.39, 0.29) is 21.0 Å². The predicted molar refractivity (Wildman–Crippen MR) is 81.2 cm³/mol. The van der Waals surface area contributed by atoms with Crippen molar-refractivity contribution in [1.82, 2.24) is 10.4 Å². The topological polar surface area (TPSA) is 52.6 Å². The van der Waals surface area contributed by atoms with Gasteiger partial charge in [0.15, 0.2) is 0 Å². The molecule has 0 aliphatic carbocycles. The Morgan fingerprint density at radius 3 is 2.54 bits per heavy atom. The van der Waals surface area contributed by atoms with Crippen LogP contribution in [0.3, 0.4) is 0 Å². The molecule has 0 radical (unpaired) electrons. The fraction of sp³-hybridized carbons (Fsp3) is 0.214. The van der Waals surface area contributed by atoms with Crippen molar-refractivity contribution in [3.8, 4) is 0 Å². The Morgan fingerprint density at radius 1 is 1.29 bits per heavy atom. The number of hydrogen-bond donors (Lipinski definition) is 2. The van der Waals surface area contributed by atoms with E-state index in [4.69, 9.17) is 11.6 Å². The van der Waals surface area contributed by atoms with Gasteiger partial charge in [0.1, 0.15) is 4.88 Å². The summed E-state index contributed by atoms with van der Waals surface area (Å²) in [6, 6.07) is 6.67. The SMILES string of the molecule is O=C(c1sc2ccccc2c1Cl)N1NC(C(F)F)=CC1(O)C(F)F. The van der Waals surface area contributed by atoms with Crippen LogP contribution in [0.15, 0.2) is 36.0 Å². The third kappa shape index (κ3) is 2.52. The molecule has 10 heteroatoms. The number of alkyl halides is 4. The summed E-state index contributed by atoms with van der Waals surface area (Å²) in [7, 11) is 0. The Hall–Kier alpha value is -1.84. The van der Waals surface area contributed by atoms with Gasteiger partial charge in [0.05, 0.1) is 10.7 Å². The van der Waals surface area contributed by atoms with Crippen molar-refractivity contribution in [2.75, 3.05) is 0 Å². The van der Waals surface area contributed by atoms with Crippen LogP contribution in [0.25, 0.3) is 10.1 Å². The first-order chi connectivity index (χ1) is 11.3. The van der Waals surface area contributed by atoms with Crippen LogP contribution in [-0.4, -0.2) is 34.6 Å². The van der Waals surface area contributed by atoms with E-state index in [1.165, 1.54) is 0 Å². The van der Waals surface area contributed by atoms with Gasteiger partial charge in [0.2, 0.25) is 5.72 Å². The lowest BCUT2D eigenvalue weighted by molar-refractivity contribution is -0.146. The number of hydrogen-bond acceptors (Lipinski definition) is 4. The molecule has 1 aromatic heterocycles. The van der Waals surface area contributed by atoms with Gasteiger partial charge in [-0.1, -0.05) is 29.8 Å². The number of rotatable bonds is 3. The first kappa shape index (κ1) is 17.0. The molecular formula is C14H9ClF4N2O2S. The highest BCUT2D eigenvalue weighted by Gasteiger charge is 2.51. The number of carbonyl (C=O) groups is 1. The molecule has 1 aromatic carbocycles. The summed E-state index contributed by atoms with van der Waals surface area (Å²) in [5.74, 6) is -1.13. The molecule has 4 nitrogen and oxygen atoms in total. The van der Waals surface area contributed by atoms with Crippen molar-refractivity contribution in [2.24, 2.45) is 0 Å². The monoisotopic (exact) mass is 380 g/mol. The van der Waals surface area contributed by atoms with Gasteiger partial charge in [-0.05, 0) is 6.07 Å². The Kier molecular flexibility index (Phi) is 4.18. The van der Waals surface area contributed by atoms with Crippen LogP contribution in [0.1, 0.15) is 9.67 Å². The normalized spacial score (nSPS) is 20.8. The highest BCUT2D eigenvalue weighted by atomic mass is 35.5. The first-order valence-electron chi connectivity index (χ1n) is 6.55. The summed E-state index contributed by atoms with van der Waals surface area (Å²) >= 11 is 7.01. The average Bonchev–Trinajstić information content (AvgIpc) is 3.07. The van der Waals surface area contributed by atoms with E-state index < -0.39 is 30.2 Å². The number of hydrazine groups is 1. The molecule has 128 valence electrons. The number of nitrogens with zero attached hydrogens (tertiary/aromatic N) is 1. The van der Waals surface area contributed by atoms with Crippen LogP contribution in [0, 0.1) is 0 Å². The summed E-state index contributed by atoms with van der Waals surface area (Å²) in [5.41, 5.74) is -2.33. The molecule has 0 fully saturated rings. The van der Waals surface area contributed by atoms with Crippen LogP contribution in [-0.2, 0) is 0 Å². The van der Waals surface area contributed by atoms with Crippen LogP contribution in [0.4, 0.5) is 17.6 Å². The fourth-order valence-electron chi connectivity index (χ4n) is 2.28. The highest BCUT2D eigenvalue weighted by Crippen LogP contribution is 2.38. The molecule has 0 spiro atoms. The lowest BCUT2D eigenvalue weighted by Crippen LogP contribution is -2.56. The molecule has 24 heavy (non-hydrogen) atoms. The minimum absolute atomic E-state index is 0.00418. The van der Waals surface area contributed by atoms with Crippen molar-refractivity contribution in [2.45, 2.75) is 18.6 Å². The molecule has 0 saturated heterocycles. The summed E-state index contributed by atoms with van der Waals surface area (Å²) in [5, 5.41) is 10.6. The zero-order chi connectivity index (χ0) is 17.6. The molecule has 2 N–H and O–H groups in total. The molecule has 2 aromatic rings. The molecule has 1 atom stereocenters. The van der Waals surface area contributed by atoms with Crippen molar-refractivity contribution in [3.63, 3.8) is 0 Å². The lowest BCUT2D eigenvalue weighted by atomic mass is 10.2. The number of thiophene rings is 1. The van der Waals surface area contributed by atoms with Gasteiger partial charge >= 0.3 is 0 Å². The molecule has 2 heterocycles. The third-order valence-corrected chi connectivity index (χ3v) is 5.12. The van der Waals surface area contributed by atoms with Crippen LogP contribution < -0.4 is 5.43 Å². The molecule has 1 unspecified atom stereocenters. The van der Waals surface area contributed by atoms with Crippen LogP contribution in [0.2, 0.25) is 5.02 Å². The number of aliphatic hydroxyl groups is 1. The second-order valence-electron chi connectivity index (χ2n) is 4.98. The second kappa shape index (κ2) is 5.91. The van der Waals surface area contributed by atoms with Crippen LogP contribution in [0.5, 0.6) is 0 Å². The van der Waals surface area contributed by atoms with Crippen molar-refractivity contribution in [1.29, 1.82) is 0 Å². The molecule has 1 amide bonds. The van der Waals surface area contributed by atoms with E-state index in [0.717, 1.165) is 11.3 Å². The smallest absolute Gasteiger partial charge is 0.291 e. The summed E-state index contributed by atoms with van der Waals surface area (Å²) in [6.45, 7) is 0. The van der Waals surface area contributed by atoms with E-state index in [1.54, 1.807) is 24.3 Å². The molecular weight excluding hydrogens is 372 g/mol. The fourth-order valence-corrected chi connectivity index (χ4v) is 3.73. The first-order valence-corrected chi connectivity index (χ1v) is 7.75. The van der Waals surface area contributed by atoms with Gasteiger partial charge in [-0.3, -0.25) is 10.2 Å². The van der Waals surface area contributed by atoms with Crippen LogP contribution >= 0.6 is 22.9 Å². The predicted octanol–water partition coefficient (Wildman–Crippen LogP) is 3.62. The van der Waals surface area contributed by atoms with Gasteiger partial charge in [-0.2, -0.15) is 0 Å². The van der Waals surface area contributed by atoms with Gasteiger partial charge in [-0.25, -0.2) is 22.6 Å². The van der Waals surface area contributed by atoms with Gasteiger partial charge in [0, 0.05) is 16.2 Å². The van der Waals surface area contributed by atoms with Crippen molar-refractivity contribution in [3.05, 3.63) is 45.9 Å². The Morgan fingerprint density at radius 2 is 1.96 bits per heavy atom. The van der Waals surface area contributed by atoms with E-state index in [1.807, 2.05) is 5.43 Å². The standard InChI is InChI=1S/C14H9ClF4N2O2S/c15-9-6-3-1-2-4-8(6)24-10(9)12(22)21-14(23,13(18)19)5-7(20-21)11(16)17/h1-5,11,13,20,23H. The summed E-state index contributed by atoms with van der Waals surface area (Å²) in [6.07, 6.45) is -6.43. The number of allylic oxidation sites excluding steroid dienone is 1. The maximum absolute atomic E-state index is 13.2. The quantitative estimate of drug-likeness (QED) is 0.800. The number of carbonyl (C=O) groups excluding carboxylic acids is 1. The molecule has 3 rings (SSSR count). The zero-order valence-corrected chi connectivity index (χ0v) is 13.2. The van der Waals surface area contributed by atoms with Gasteiger partial charge in [-0.15, -0.1) is 11.3 Å². The largest absolute Gasteiger partial charge is 0.361 e. The Labute approximate surface area is 141 Å². The van der Waals surface area contributed by atoms with E-state index in [9.17, 15) is 27.5 Å². The summed E-state index contributed by atoms with van der Waals surface area (Å²) in [4.78, 5) is 12.4. The van der Waals surface area contributed by atoms with Gasteiger partial charge in [0.25, 0.3) is 18.8 Å². The van der Waals surface area contributed by atoms with E-state index in [0.29, 0.717) is 10.1 Å². The number of amides is 1. The third-order valence-electron chi connectivity index (χ3n) is 3.46. The number of nitrogens with one attached hydrogen (secondary N) is 1.